The molecular weight excluding hydrogens is 203 g/mol. The molecule has 0 saturated carbocycles. The Hall–Kier alpha value is -1.96. The molecule has 2 aromatic rings. The zero-order chi connectivity index (χ0) is 11.5. The van der Waals surface area contributed by atoms with Crippen LogP contribution in [0.1, 0.15) is 15.9 Å². The van der Waals surface area contributed by atoms with Gasteiger partial charge in [-0.3, -0.25) is 4.79 Å². The van der Waals surface area contributed by atoms with E-state index in [9.17, 15) is 9.18 Å². The molecule has 0 heterocycles. The average Bonchev–Trinajstić information content (AvgIpc) is 2.30. The molecule has 1 nitrogen and oxygen atoms in total. The first kappa shape index (κ1) is 10.6. The smallest absolute Gasteiger partial charge is 0.150 e. The first-order valence-electron chi connectivity index (χ1n) is 5.02. The zero-order valence-electron chi connectivity index (χ0n) is 8.91. The van der Waals surface area contributed by atoms with Crippen LogP contribution in [0.3, 0.4) is 0 Å². The fourth-order valence-corrected chi connectivity index (χ4v) is 1.57. The van der Waals surface area contributed by atoms with Crippen LogP contribution in [0.25, 0.3) is 11.1 Å². The molecule has 0 aliphatic carbocycles. The summed E-state index contributed by atoms with van der Waals surface area (Å²) >= 11 is 0. The fourth-order valence-electron chi connectivity index (χ4n) is 1.57. The molecule has 2 rings (SSSR count). The number of aldehydes is 1. The van der Waals surface area contributed by atoms with Gasteiger partial charge in [-0.1, -0.05) is 42.0 Å². The summed E-state index contributed by atoms with van der Waals surface area (Å²) in [6, 6.07) is 12.1. The van der Waals surface area contributed by atoms with Crippen LogP contribution in [0.4, 0.5) is 4.39 Å². The molecule has 0 unspecified atom stereocenters. The van der Waals surface area contributed by atoms with Gasteiger partial charge in [0.2, 0.25) is 0 Å². The molecule has 0 saturated heterocycles. The van der Waals surface area contributed by atoms with E-state index in [2.05, 4.69) is 0 Å². The lowest BCUT2D eigenvalue weighted by Crippen LogP contribution is -1.88. The van der Waals surface area contributed by atoms with Crippen molar-refractivity contribution < 1.29 is 9.18 Å². The topological polar surface area (TPSA) is 17.1 Å². The summed E-state index contributed by atoms with van der Waals surface area (Å²) in [5.41, 5.74) is 2.83. The van der Waals surface area contributed by atoms with Crippen LogP contribution in [0.5, 0.6) is 0 Å². The van der Waals surface area contributed by atoms with Crippen LogP contribution >= 0.6 is 0 Å². The van der Waals surface area contributed by atoms with Gasteiger partial charge in [0.25, 0.3) is 0 Å². The first-order chi connectivity index (χ1) is 7.70. The largest absolute Gasteiger partial charge is 0.298 e. The number of aryl methyl sites for hydroxylation is 1. The van der Waals surface area contributed by atoms with E-state index in [1.54, 1.807) is 12.1 Å². The van der Waals surface area contributed by atoms with Gasteiger partial charge in [0.1, 0.15) is 12.1 Å². The minimum atomic E-state index is -0.367. The van der Waals surface area contributed by atoms with Gasteiger partial charge in [-0.05, 0) is 18.6 Å². The number of hydrogen-bond donors (Lipinski definition) is 0. The minimum Gasteiger partial charge on any atom is -0.298 e. The summed E-state index contributed by atoms with van der Waals surface area (Å²) in [5, 5.41) is 0. The predicted molar refractivity (Wildman–Crippen MR) is 62.0 cm³/mol. The van der Waals surface area contributed by atoms with E-state index < -0.39 is 0 Å². The molecule has 0 bridgehead atoms. The van der Waals surface area contributed by atoms with E-state index in [0.29, 0.717) is 17.4 Å². The molecule has 0 aliphatic heterocycles. The highest BCUT2D eigenvalue weighted by atomic mass is 19.1. The Morgan fingerprint density at radius 3 is 2.31 bits per heavy atom. The normalized spacial score (nSPS) is 10.1. The van der Waals surface area contributed by atoms with Gasteiger partial charge >= 0.3 is 0 Å². The number of carbonyl (C=O) groups excluding carboxylic acids is 1. The summed E-state index contributed by atoms with van der Waals surface area (Å²) in [5.74, 6) is -0.367. The second kappa shape index (κ2) is 4.27. The van der Waals surface area contributed by atoms with Crippen LogP contribution in [0.2, 0.25) is 0 Å². The van der Waals surface area contributed by atoms with Gasteiger partial charge in [0, 0.05) is 11.1 Å². The number of benzene rings is 2. The van der Waals surface area contributed by atoms with Crippen molar-refractivity contribution >= 4 is 6.29 Å². The van der Waals surface area contributed by atoms with Crippen LogP contribution in [-0.2, 0) is 0 Å². The van der Waals surface area contributed by atoms with E-state index in [1.807, 2.05) is 31.2 Å². The van der Waals surface area contributed by atoms with E-state index in [-0.39, 0.29) is 5.82 Å². The third kappa shape index (κ3) is 2.01. The standard InChI is InChI=1S/C14H11FO/c1-10-2-5-12(6-3-10)13-7-4-11(9-16)8-14(13)15/h2-9H,1H3. The Labute approximate surface area is 93.5 Å². The van der Waals surface area contributed by atoms with Crippen molar-refractivity contribution in [2.75, 3.05) is 0 Å². The Kier molecular flexibility index (Phi) is 2.82. The Morgan fingerprint density at radius 2 is 1.75 bits per heavy atom. The molecule has 0 fully saturated rings. The molecule has 0 aliphatic rings. The molecule has 16 heavy (non-hydrogen) atoms. The van der Waals surface area contributed by atoms with Gasteiger partial charge in [-0.25, -0.2) is 4.39 Å². The van der Waals surface area contributed by atoms with Gasteiger partial charge in [-0.2, -0.15) is 0 Å². The van der Waals surface area contributed by atoms with E-state index in [0.717, 1.165) is 11.1 Å². The molecule has 0 radical (unpaired) electrons. The van der Waals surface area contributed by atoms with Crippen molar-refractivity contribution in [1.82, 2.24) is 0 Å². The van der Waals surface area contributed by atoms with Crippen LogP contribution in [0, 0.1) is 12.7 Å². The number of carbonyl (C=O) groups is 1. The van der Waals surface area contributed by atoms with Crippen molar-refractivity contribution in [3.05, 3.63) is 59.4 Å². The van der Waals surface area contributed by atoms with E-state index >= 15 is 0 Å². The van der Waals surface area contributed by atoms with Gasteiger partial charge < -0.3 is 0 Å². The molecule has 0 spiro atoms. The van der Waals surface area contributed by atoms with Crippen molar-refractivity contribution in [2.24, 2.45) is 0 Å². The number of rotatable bonds is 2. The predicted octanol–water partition coefficient (Wildman–Crippen LogP) is 3.61. The average molecular weight is 214 g/mol. The van der Waals surface area contributed by atoms with E-state index in [4.69, 9.17) is 0 Å². The molecule has 0 atom stereocenters. The molecule has 0 N–H and O–H groups in total. The molecular formula is C14H11FO. The maximum atomic E-state index is 13.7. The Morgan fingerprint density at radius 1 is 1.06 bits per heavy atom. The fraction of sp³-hybridized carbons (Fsp3) is 0.0714. The third-order valence-corrected chi connectivity index (χ3v) is 2.49. The molecule has 2 heteroatoms. The summed E-state index contributed by atoms with van der Waals surface area (Å²) in [7, 11) is 0. The number of hydrogen-bond acceptors (Lipinski definition) is 1. The van der Waals surface area contributed by atoms with Gasteiger partial charge in [-0.15, -0.1) is 0 Å². The maximum Gasteiger partial charge on any atom is 0.150 e. The minimum absolute atomic E-state index is 0.355. The lowest BCUT2D eigenvalue weighted by Gasteiger charge is -2.04. The highest BCUT2D eigenvalue weighted by molar-refractivity contribution is 5.77. The summed E-state index contributed by atoms with van der Waals surface area (Å²) in [6.45, 7) is 1.98. The van der Waals surface area contributed by atoms with Crippen molar-refractivity contribution in [3.63, 3.8) is 0 Å². The SMILES string of the molecule is Cc1ccc(-c2ccc(C=O)cc2F)cc1. The van der Waals surface area contributed by atoms with Crippen molar-refractivity contribution in [2.45, 2.75) is 6.92 Å². The molecule has 0 aromatic heterocycles. The molecule has 80 valence electrons. The summed E-state index contributed by atoms with van der Waals surface area (Å²) < 4.78 is 13.7. The lowest BCUT2D eigenvalue weighted by atomic mass is 10.0. The highest BCUT2D eigenvalue weighted by Gasteiger charge is 2.05. The summed E-state index contributed by atoms with van der Waals surface area (Å²) in [6.07, 6.45) is 0.641. The van der Waals surface area contributed by atoms with Crippen LogP contribution < -0.4 is 0 Å². The van der Waals surface area contributed by atoms with Crippen LogP contribution in [-0.4, -0.2) is 6.29 Å². The highest BCUT2D eigenvalue weighted by Crippen LogP contribution is 2.23. The van der Waals surface area contributed by atoms with Crippen molar-refractivity contribution in [3.8, 4) is 11.1 Å². The Bertz CT molecular complexity index is 515. The third-order valence-electron chi connectivity index (χ3n) is 2.49. The van der Waals surface area contributed by atoms with Crippen LogP contribution in [0.15, 0.2) is 42.5 Å². The lowest BCUT2D eigenvalue weighted by molar-refractivity contribution is 0.112. The van der Waals surface area contributed by atoms with Crippen molar-refractivity contribution in [1.29, 1.82) is 0 Å². The molecule has 0 amide bonds. The number of halogens is 1. The molecule has 2 aromatic carbocycles. The Balaban J connectivity index is 2.48. The van der Waals surface area contributed by atoms with E-state index in [1.165, 1.54) is 6.07 Å². The monoisotopic (exact) mass is 214 g/mol. The van der Waals surface area contributed by atoms with Gasteiger partial charge in [0.05, 0.1) is 0 Å². The quantitative estimate of drug-likeness (QED) is 0.698. The maximum absolute atomic E-state index is 13.7. The second-order valence-corrected chi connectivity index (χ2v) is 3.72. The zero-order valence-corrected chi connectivity index (χ0v) is 8.91. The summed E-state index contributed by atoms with van der Waals surface area (Å²) in [4.78, 5) is 10.5. The second-order valence-electron chi connectivity index (χ2n) is 3.72. The van der Waals surface area contributed by atoms with Gasteiger partial charge in [0.15, 0.2) is 0 Å². The first-order valence-corrected chi connectivity index (χ1v) is 5.02.